The first-order chi connectivity index (χ1) is 16.4. The summed E-state index contributed by atoms with van der Waals surface area (Å²) in [7, 11) is 0. The maximum atomic E-state index is 14.8. The van der Waals surface area contributed by atoms with Gasteiger partial charge >= 0.3 is 6.18 Å². The molecule has 0 saturated carbocycles. The summed E-state index contributed by atoms with van der Waals surface area (Å²) < 4.78 is 68.1. The van der Waals surface area contributed by atoms with Crippen LogP contribution in [0.5, 0.6) is 0 Å². The molecule has 2 heterocycles. The Morgan fingerprint density at radius 3 is 2.40 bits per heavy atom. The van der Waals surface area contributed by atoms with Gasteiger partial charge in [0.1, 0.15) is 29.6 Å². The molecule has 0 radical (unpaired) electrons. The van der Waals surface area contributed by atoms with Crippen molar-refractivity contribution in [3.63, 3.8) is 0 Å². The summed E-state index contributed by atoms with van der Waals surface area (Å²) in [6.45, 7) is 0.441. The van der Waals surface area contributed by atoms with Gasteiger partial charge in [-0.1, -0.05) is 12.1 Å². The summed E-state index contributed by atoms with van der Waals surface area (Å²) in [5.41, 5.74) is 15.7. The van der Waals surface area contributed by atoms with E-state index in [9.17, 15) is 26.7 Å². The maximum absolute atomic E-state index is 14.8. The summed E-state index contributed by atoms with van der Waals surface area (Å²) in [6.07, 6.45) is -3.20. The molecule has 0 spiro atoms. The van der Waals surface area contributed by atoms with E-state index in [0.29, 0.717) is 29.9 Å². The van der Waals surface area contributed by atoms with Gasteiger partial charge in [-0.25, -0.2) is 18.7 Å². The van der Waals surface area contributed by atoms with Crippen molar-refractivity contribution >= 4 is 17.5 Å². The first-order valence-corrected chi connectivity index (χ1v) is 10.5. The molecule has 1 amide bonds. The number of aromatic nitrogens is 2. The molecule has 0 bridgehead atoms. The van der Waals surface area contributed by atoms with E-state index in [1.54, 1.807) is 4.90 Å². The number of nitrogens with zero attached hydrogens (tertiary/aromatic N) is 3. The van der Waals surface area contributed by atoms with Crippen LogP contribution in [0.15, 0.2) is 42.7 Å². The molecule has 1 aliphatic heterocycles. The third-order valence-electron chi connectivity index (χ3n) is 6.02. The van der Waals surface area contributed by atoms with E-state index < -0.39 is 40.4 Å². The van der Waals surface area contributed by atoms with Crippen LogP contribution in [0, 0.1) is 11.6 Å². The Morgan fingerprint density at radius 2 is 1.77 bits per heavy atom. The summed E-state index contributed by atoms with van der Waals surface area (Å²) in [6, 6.07) is 6.34. The monoisotopic (exact) mass is 492 g/mol. The van der Waals surface area contributed by atoms with E-state index in [-0.39, 0.29) is 24.3 Å². The van der Waals surface area contributed by atoms with E-state index >= 15 is 0 Å². The minimum absolute atomic E-state index is 0.0514. The smallest absolute Gasteiger partial charge is 0.383 e. The molecule has 3 aromatic rings. The van der Waals surface area contributed by atoms with Crippen LogP contribution in [0.3, 0.4) is 0 Å². The predicted molar refractivity (Wildman–Crippen MR) is 119 cm³/mol. The first kappa shape index (κ1) is 24.3. The highest BCUT2D eigenvalue weighted by Gasteiger charge is 2.38. The fraction of sp³-hybridized carbons (Fsp3) is 0.261. The molecule has 4 rings (SSSR count). The lowest BCUT2D eigenvalue weighted by molar-refractivity contribution is -0.137. The Balaban J connectivity index is 1.64. The molecule has 1 unspecified atom stereocenters. The number of carbonyl (C=O) groups is 1. The van der Waals surface area contributed by atoms with Gasteiger partial charge < -0.3 is 22.1 Å². The largest absolute Gasteiger partial charge is 0.416 e. The summed E-state index contributed by atoms with van der Waals surface area (Å²) in [5.74, 6) is -2.56. The number of carbonyl (C=O) groups excluding carboxylic acids is 1. The molecule has 1 saturated heterocycles. The Kier molecular flexibility index (Phi) is 6.09. The molecule has 35 heavy (non-hydrogen) atoms. The van der Waals surface area contributed by atoms with Crippen LogP contribution in [0.4, 0.5) is 33.6 Å². The molecule has 1 aromatic heterocycles. The average molecular weight is 492 g/mol. The van der Waals surface area contributed by atoms with E-state index in [1.165, 1.54) is 18.5 Å². The van der Waals surface area contributed by atoms with Crippen LogP contribution in [0.25, 0.3) is 11.1 Å². The van der Waals surface area contributed by atoms with Gasteiger partial charge in [0.05, 0.1) is 16.7 Å². The lowest BCUT2D eigenvalue weighted by atomic mass is 9.89. The molecule has 1 aliphatic rings. The van der Waals surface area contributed by atoms with Crippen molar-refractivity contribution < 1.29 is 26.7 Å². The first-order valence-electron chi connectivity index (χ1n) is 10.5. The van der Waals surface area contributed by atoms with E-state index in [4.69, 9.17) is 17.2 Å². The van der Waals surface area contributed by atoms with Crippen molar-refractivity contribution in [2.45, 2.75) is 24.6 Å². The maximum Gasteiger partial charge on any atom is 0.416 e. The third kappa shape index (κ3) is 4.74. The highest BCUT2D eigenvalue weighted by atomic mass is 19.4. The number of amides is 1. The van der Waals surface area contributed by atoms with Crippen molar-refractivity contribution in [2.24, 2.45) is 11.5 Å². The normalized spacial score (nSPS) is 18.2. The van der Waals surface area contributed by atoms with Crippen molar-refractivity contribution in [2.75, 3.05) is 23.7 Å². The lowest BCUT2D eigenvalue weighted by Crippen LogP contribution is -2.45. The molecular formula is C23H21F5N6O. The predicted octanol–water partition coefficient (Wildman–Crippen LogP) is 3.27. The molecule has 2 aromatic carbocycles. The Hall–Kier alpha value is -3.80. The minimum Gasteiger partial charge on any atom is -0.383 e. The van der Waals surface area contributed by atoms with Crippen LogP contribution < -0.4 is 22.1 Å². The second-order valence-corrected chi connectivity index (χ2v) is 8.50. The number of benzene rings is 2. The number of nitrogens with two attached hydrogens (primary N) is 3. The second kappa shape index (κ2) is 8.77. The highest BCUT2D eigenvalue weighted by Crippen LogP contribution is 2.38. The number of halogens is 5. The van der Waals surface area contributed by atoms with Crippen molar-refractivity contribution in [1.29, 1.82) is 0 Å². The molecule has 1 atom stereocenters. The Labute approximate surface area is 196 Å². The van der Waals surface area contributed by atoms with Gasteiger partial charge in [-0.15, -0.1) is 0 Å². The zero-order valence-corrected chi connectivity index (χ0v) is 18.2. The molecule has 0 aliphatic carbocycles. The zero-order chi connectivity index (χ0) is 25.5. The quantitative estimate of drug-likeness (QED) is 0.470. The van der Waals surface area contributed by atoms with Gasteiger partial charge in [-0.3, -0.25) is 4.79 Å². The van der Waals surface area contributed by atoms with Gasteiger partial charge in [0.2, 0.25) is 0 Å². The molecule has 184 valence electrons. The number of anilines is 2. The van der Waals surface area contributed by atoms with Gasteiger partial charge in [0, 0.05) is 24.2 Å². The lowest BCUT2D eigenvalue weighted by Gasteiger charge is -2.27. The van der Waals surface area contributed by atoms with Crippen LogP contribution in [0.2, 0.25) is 0 Å². The number of nitrogen functional groups attached to an aromatic ring is 1. The summed E-state index contributed by atoms with van der Waals surface area (Å²) >= 11 is 0. The van der Waals surface area contributed by atoms with Crippen LogP contribution in [-0.4, -0.2) is 34.5 Å². The standard InChI is InChI=1S/C23H21F5N6O/c24-16-6-5-14(20(30)35)18(25)15(16)9-22(31)7-8-34(10-22)21-17(19(29)32-11-33-21)12-1-3-13(4-2-12)23(26,27)28/h1-6,11H,7-10,31H2,(H2,30,35)(H2,29,32,33). The molecular weight excluding hydrogens is 471 g/mol. The molecule has 1 fully saturated rings. The van der Waals surface area contributed by atoms with E-state index in [0.717, 1.165) is 24.3 Å². The number of primary amides is 1. The SMILES string of the molecule is NC(=O)c1ccc(F)c(CC2(N)CCN(c3ncnc(N)c3-c3ccc(C(F)(F)F)cc3)C2)c1F. The van der Waals surface area contributed by atoms with Gasteiger partial charge in [-0.05, 0) is 42.7 Å². The molecule has 7 nitrogen and oxygen atoms in total. The Bertz CT molecular complexity index is 1280. The van der Waals surface area contributed by atoms with Gasteiger partial charge in [-0.2, -0.15) is 13.2 Å². The van der Waals surface area contributed by atoms with Crippen molar-refractivity contribution in [1.82, 2.24) is 9.97 Å². The molecule has 12 heteroatoms. The van der Waals surface area contributed by atoms with E-state index in [1.807, 2.05) is 0 Å². The second-order valence-electron chi connectivity index (χ2n) is 8.50. The topological polar surface area (TPSA) is 124 Å². The van der Waals surface area contributed by atoms with Gasteiger partial charge in [0.25, 0.3) is 5.91 Å². The van der Waals surface area contributed by atoms with Crippen molar-refractivity contribution in [3.05, 3.63) is 71.1 Å². The van der Waals surface area contributed by atoms with Crippen molar-refractivity contribution in [3.8, 4) is 11.1 Å². The molecule has 6 N–H and O–H groups in total. The average Bonchev–Trinajstić information content (AvgIpc) is 3.17. The zero-order valence-electron chi connectivity index (χ0n) is 18.2. The third-order valence-corrected chi connectivity index (χ3v) is 6.02. The number of hydrogen-bond acceptors (Lipinski definition) is 6. The Morgan fingerprint density at radius 1 is 1.09 bits per heavy atom. The summed E-state index contributed by atoms with van der Waals surface area (Å²) in [4.78, 5) is 21.4. The fourth-order valence-corrected chi connectivity index (χ4v) is 4.26. The summed E-state index contributed by atoms with van der Waals surface area (Å²) in [5, 5.41) is 0. The fourth-order valence-electron chi connectivity index (χ4n) is 4.26. The highest BCUT2D eigenvalue weighted by molar-refractivity contribution is 5.93. The van der Waals surface area contributed by atoms with Crippen LogP contribution >= 0.6 is 0 Å². The number of alkyl halides is 3. The van der Waals surface area contributed by atoms with Gasteiger partial charge in [0.15, 0.2) is 0 Å². The number of hydrogen-bond donors (Lipinski definition) is 3. The van der Waals surface area contributed by atoms with Crippen LogP contribution in [-0.2, 0) is 12.6 Å². The number of rotatable bonds is 5. The minimum atomic E-state index is -4.50. The van der Waals surface area contributed by atoms with E-state index in [2.05, 4.69) is 9.97 Å². The van der Waals surface area contributed by atoms with Crippen LogP contribution in [0.1, 0.15) is 27.9 Å².